The highest BCUT2D eigenvalue weighted by Gasteiger charge is 2.22. The molecule has 1 rings (SSSR count). The fraction of sp³-hybridized carbons (Fsp3) is 0.364. The number of sulfone groups is 1. The summed E-state index contributed by atoms with van der Waals surface area (Å²) in [4.78, 5) is 10.6. The molecule has 0 amide bonds. The fourth-order valence-corrected chi connectivity index (χ4v) is 3.45. The van der Waals surface area contributed by atoms with Crippen LogP contribution in [0.15, 0.2) is 22.7 Å². The summed E-state index contributed by atoms with van der Waals surface area (Å²) < 4.78 is 37.4. The molecule has 0 saturated carbocycles. The molecule has 1 N–H and O–H groups in total. The summed E-state index contributed by atoms with van der Waals surface area (Å²) in [6.07, 6.45) is 0. The Balaban J connectivity index is 2.86. The summed E-state index contributed by atoms with van der Waals surface area (Å²) in [5.41, 5.74) is 0.0378. The summed E-state index contributed by atoms with van der Waals surface area (Å²) in [6, 6.07) is 4.07. The highest BCUT2D eigenvalue weighted by molar-refractivity contribution is 9.10. The van der Waals surface area contributed by atoms with Crippen LogP contribution in [0.1, 0.15) is 12.5 Å². The summed E-state index contributed by atoms with van der Waals surface area (Å²) in [6.45, 7) is 1.30. The third-order valence-corrected chi connectivity index (χ3v) is 4.57. The monoisotopic (exact) mass is 338 g/mol. The first-order valence-corrected chi connectivity index (χ1v) is 7.70. The van der Waals surface area contributed by atoms with Crippen molar-refractivity contribution in [1.29, 1.82) is 0 Å². The van der Waals surface area contributed by atoms with Crippen LogP contribution in [0.5, 0.6) is 0 Å². The normalized spacial score (nSPS) is 13.3. The van der Waals surface area contributed by atoms with Crippen molar-refractivity contribution in [2.45, 2.75) is 12.7 Å². The molecule has 0 radical (unpaired) electrons. The van der Waals surface area contributed by atoms with Crippen LogP contribution in [0.4, 0.5) is 4.39 Å². The van der Waals surface area contributed by atoms with Gasteiger partial charge in [-0.1, -0.05) is 28.9 Å². The summed E-state index contributed by atoms with van der Waals surface area (Å²) in [5.74, 6) is -3.82. The summed E-state index contributed by atoms with van der Waals surface area (Å²) in [5, 5.41) is 8.66. The Morgan fingerprint density at radius 3 is 2.61 bits per heavy atom. The Labute approximate surface area is 113 Å². The second kappa shape index (κ2) is 5.79. The number of benzene rings is 1. The van der Waals surface area contributed by atoms with E-state index in [0.717, 1.165) is 0 Å². The van der Waals surface area contributed by atoms with Crippen LogP contribution in [-0.4, -0.2) is 25.2 Å². The Morgan fingerprint density at radius 1 is 1.50 bits per heavy atom. The van der Waals surface area contributed by atoms with Crippen molar-refractivity contribution in [3.8, 4) is 0 Å². The van der Waals surface area contributed by atoms with Crippen LogP contribution in [0.25, 0.3) is 0 Å². The third kappa shape index (κ3) is 4.38. The maximum Gasteiger partial charge on any atom is 0.307 e. The number of carboxylic acids is 1. The molecule has 0 spiro atoms. The van der Waals surface area contributed by atoms with Gasteiger partial charge in [-0.3, -0.25) is 4.79 Å². The van der Waals surface area contributed by atoms with Crippen molar-refractivity contribution < 1.29 is 22.7 Å². The molecule has 0 saturated heterocycles. The van der Waals surface area contributed by atoms with Gasteiger partial charge in [0.2, 0.25) is 0 Å². The minimum Gasteiger partial charge on any atom is -0.481 e. The largest absolute Gasteiger partial charge is 0.481 e. The highest BCUT2D eigenvalue weighted by atomic mass is 79.9. The molecule has 100 valence electrons. The van der Waals surface area contributed by atoms with Crippen LogP contribution in [0.3, 0.4) is 0 Å². The van der Waals surface area contributed by atoms with Crippen LogP contribution in [0, 0.1) is 11.7 Å². The van der Waals surface area contributed by atoms with E-state index in [1.54, 1.807) is 0 Å². The molecule has 0 aliphatic carbocycles. The first-order valence-electron chi connectivity index (χ1n) is 5.08. The molecule has 0 bridgehead atoms. The van der Waals surface area contributed by atoms with E-state index in [2.05, 4.69) is 15.9 Å². The Kier molecular flexibility index (Phi) is 4.86. The van der Waals surface area contributed by atoms with E-state index in [9.17, 15) is 17.6 Å². The molecular weight excluding hydrogens is 327 g/mol. The molecule has 0 aliphatic heterocycles. The third-order valence-electron chi connectivity index (χ3n) is 2.32. The van der Waals surface area contributed by atoms with Gasteiger partial charge in [0, 0.05) is 10.0 Å². The van der Waals surface area contributed by atoms with Crippen molar-refractivity contribution in [1.82, 2.24) is 0 Å². The zero-order valence-electron chi connectivity index (χ0n) is 9.56. The maximum absolute atomic E-state index is 13.5. The van der Waals surface area contributed by atoms with Crippen LogP contribution in [0.2, 0.25) is 0 Å². The molecule has 0 aromatic heterocycles. The molecule has 0 aliphatic rings. The van der Waals surface area contributed by atoms with Crippen molar-refractivity contribution in [3.63, 3.8) is 0 Å². The van der Waals surface area contributed by atoms with E-state index < -0.39 is 39.0 Å². The van der Waals surface area contributed by atoms with E-state index in [0.29, 0.717) is 4.47 Å². The van der Waals surface area contributed by atoms with Crippen molar-refractivity contribution in [2.75, 3.05) is 5.75 Å². The van der Waals surface area contributed by atoms with E-state index in [-0.39, 0.29) is 5.56 Å². The van der Waals surface area contributed by atoms with Gasteiger partial charge in [0.1, 0.15) is 5.82 Å². The van der Waals surface area contributed by atoms with Crippen molar-refractivity contribution in [2.24, 2.45) is 5.92 Å². The Bertz CT molecular complexity index is 556. The number of rotatable bonds is 5. The lowest BCUT2D eigenvalue weighted by atomic mass is 10.2. The Morgan fingerprint density at radius 2 is 2.11 bits per heavy atom. The molecule has 4 nitrogen and oxygen atoms in total. The average Bonchev–Trinajstić information content (AvgIpc) is 2.21. The smallest absolute Gasteiger partial charge is 0.307 e. The quantitative estimate of drug-likeness (QED) is 0.893. The predicted octanol–water partition coefficient (Wildman–Crippen LogP) is 2.22. The second-order valence-corrected chi connectivity index (χ2v) is 7.05. The second-order valence-electron chi connectivity index (χ2n) is 4.03. The molecule has 1 aromatic rings. The lowest BCUT2D eigenvalue weighted by Crippen LogP contribution is -2.22. The van der Waals surface area contributed by atoms with Crippen molar-refractivity contribution >= 4 is 31.7 Å². The average molecular weight is 339 g/mol. The molecule has 1 aromatic carbocycles. The maximum atomic E-state index is 13.5. The van der Waals surface area contributed by atoms with Gasteiger partial charge < -0.3 is 5.11 Å². The van der Waals surface area contributed by atoms with Gasteiger partial charge >= 0.3 is 5.97 Å². The van der Waals surface area contributed by atoms with E-state index in [4.69, 9.17) is 5.11 Å². The first-order chi connectivity index (χ1) is 8.21. The van der Waals surface area contributed by atoms with Crippen LogP contribution >= 0.6 is 15.9 Å². The number of carboxylic acid groups (broad SMARTS) is 1. The predicted molar refractivity (Wildman–Crippen MR) is 68.4 cm³/mol. The zero-order chi connectivity index (χ0) is 13.9. The van der Waals surface area contributed by atoms with Gasteiger partial charge in [-0.15, -0.1) is 0 Å². The summed E-state index contributed by atoms with van der Waals surface area (Å²) >= 11 is 3.07. The molecule has 0 heterocycles. The lowest BCUT2D eigenvalue weighted by Gasteiger charge is -2.08. The number of carbonyl (C=O) groups is 1. The fourth-order valence-electron chi connectivity index (χ4n) is 1.39. The molecule has 1 unspecified atom stereocenters. The minimum atomic E-state index is -3.65. The van der Waals surface area contributed by atoms with Gasteiger partial charge in [0.25, 0.3) is 0 Å². The first kappa shape index (κ1) is 15.1. The van der Waals surface area contributed by atoms with Gasteiger partial charge in [-0.05, 0) is 12.1 Å². The van der Waals surface area contributed by atoms with Gasteiger partial charge in [-0.2, -0.15) is 0 Å². The minimum absolute atomic E-state index is 0.0378. The topological polar surface area (TPSA) is 71.4 Å². The number of aliphatic carboxylic acids is 1. The SMILES string of the molecule is CC(CS(=O)(=O)Cc1ccc(Br)cc1F)C(=O)O. The summed E-state index contributed by atoms with van der Waals surface area (Å²) in [7, 11) is -3.65. The van der Waals surface area contributed by atoms with E-state index in [1.807, 2.05) is 0 Å². The van der Waals surface area contributed by atoms with Crippen molar-refractivity contribution in [3.05, 3.63) is 34.1 Å². The number of hydrogen-bond donors (Lipinski definition) is 1. The molecular formula is C11H12BrFO4S. The standard InChI is InChI=1S/C11H12BrFO4S/c1-7(11(14)15)5-18(16,17)6-8-2-3-9(12)4-10(8)13/h2-4,7H,5-6H2,1H3,(H,14,15). The molecule has 18 heavy (non-hydrogen) atoms. The van der Waals surface area contributed by atoms with Gasteiger partial charge in [0.15, 0.2) is 9.84 Å². The molecule has 0 fully saturated rings. The van der Waals surface area contributed by atoms with Gasteiger partial charge in [0.05, 0.1) is 17.4 Å². The van der Waals surface area contributed by atoms with Crippen LogP contribution < -0.4 is 0 Å². The van der Waals surface area contributed by atoms with E-state index in [1.165, 1.54) is 25.1 Å². The van der Waals surface area contributed by atoms with Gasteiger partial charge in [-0.25, -0.2) is 12.8 Å². The molecule has 1 atom stereocenters. The highest BCUT2D eigenvalue weighted by Crippen LogP contribution is 2.18. The zero-order valence-corrected chi connectivity index (χ0v) is 12.0. The van der Waals surface area contributed by atoms with E-state index >= 15 is 0 Å². The number of halogens is 2. The lowest BCUT2D eigenvalue weighted by molar-refractivity contribution is -0.140. The molecule has 7 heteroatoms. The Hall–Kier alpha value is -0.950. The van der Waals surface area contributed by atoms with Crippen LogP contribution in [-0.2, 0) is 20.4 Å². The number of hydrogen-bond acceptors (Lipinski definition) is 3.